The summed E-state index contributed by atoms with van der Waals surface area (Å²) in [6.45, 7) is 3.86. The van der Waals surface area contributed by atoms with Crippen LogP contribution in [0.15, 0.2) is 59.7 Å². The van der Waals surface area contributed by atoms with Gasteiger partial charge in [0.2, 0.25) is 0 Å². The fourth-order valence-electron chi connectivity index (χ4n) is 3.00. The number of hydrogen-bond donors (Lipinski definition) is 2. The van der Waals surface area contributed by atoms with Crippen molar-refractivity contribution in [2.24, 2.45) is 4.99 Å². The van der Waals surface area contributed by atoms with Gasteiger partial charge >= 0.3 is 0 Å². The topological polar surface area (TPSA) is 81.9 Å². The first kappa shape index (κ1) is 25.3. The first-order chi connectivity index (χ1) is 15.2. The fourth-order valence-corrected chi connectivity index (χ4v) is 3.00. The minimum absolute atomic E-state index is 0. The number of guanidine groups is 1. The van der Waals surface area contributed by atoms with E-state index in [0.29, 0.717) is 24.6 Å². The van der Waals surface area contributed by atoms with Crippen LogP contribution < -0.4 is 24.8 Å². The van der Waals surface area contributed by atoms with Crippen molar-refractivity contribution >= 4 is 29.9 Å². The van der Waals surface area contributed by atoms with Gasteiger partial charge in [-0.15, -0.1) is 24.0 Å². The van der Waals surface area contributed by atoms with Crippen LogP contribution in [0.5, 0.6) is 17.2 Å². The summed E-state index contributed by atoms with van der Waals surface area (Å²) in [4.78, 5) is 4.66. The molecule has 0 radical (unpaired) electrons. The Morgan fingerprint density at radius 1 is 0.938 bits per heavy atom. The van der Waals surface area contributed by atoms with E-state index in [4.69, 9.17) is 14.2 Å². The van der Waals surface area contributed by atoms with Gasteiger partial charge in [0, 0.05) is 12.7 Å². The molecule has 2 aromatic carbocycles. The first-order valence-corrected chi connectivity index (χ1v) is 10.1. The lowest BCUT2D eigenvalue weighted by Crippen LogP contribution is -2.36. The van der Waals surface area contributed by atoms with Crippen LogP contribution in [0.25, 0.3) is 5.69 Å². The third-order valence-corrected chi connectivity index (χ3v) is 4.63. The molecule has 32 heavy (non-hydrogen) atoms. The average molecular weight is 551 g/mol. The van der Waals surface area contributed by atoms with Crippen LogP contribution in [0.1, 0.15) is 18.2 Å². The lowest BCUT2D eigenvalue weighted by Gasteiger charge is -2.11. The van der Waals surface area contributed by atoms with Crippen LogP contribution in [-0.2, 0) is 13.1 Å². The van der Waals surface area contributed by atoms with Crippen molar-refractivity contribution in [2.45, 2.75) is 20.0 Å². The number of hydrogen-bond acceptors (Lipinski definition) is 5. The maximum absolute atomic E-state index is 5.37. The molecule has 0 atom stereocenters. The zero-order valence-corrected chi connectivity index (χ0v) is 21.1. The van der Waals surface area contributed by atoms with E-state index in [-0.39, 0.29) is 24.0 Å². The van der Waals surface area contributed by atoms with E-state index in [2.05, 4.69) is 20.7 Å². The molecule has 0 fully saturated rings. The standard InChI is InChI=1S/C23H29N5O3.HI/c1-5-24-23(25-15-17-6-11-21(30-3)22(14-17)31-4)26-16-18-12-13-28(27-18)19-7-9-20(29-2)10-8-19;/h6-14H,5,15-16H2,1-4H3,(H2,24,25,26);1H. The monoisotopic (exact) mass is 551 g/mol. The van der Waals surface area contributed by atoms with Gasteiger partial charge in [0.15, 0.2) is 17.5 Å². The smallest absolute Gasteiger partial charge is 0.191 e. The molecule has 0 aliphatic heterocycles. The second-order valence-electron chi connectivity index (χ2n) is 6.69. The van der Waals surface area contributed by atoms with Crippen LogP contribution >= 0.6 is 24.0 Å². The van der Waals surface area contributed by atoms with Gasteiger partial charge in [-0.3, -0.25) is 0 Å². The molecule has 0 spiro atoms. The van der Waals surface area contributed by atoms with Crippen molar-refractivity contribution in [1.82, 2.24) is 20.4 Å². The van der Waals surface area contributed by atoms with Gasteiger partial charge in [-0.1, -0.05) is 6.07 Å². The Labute approximate surface area is 206 Å². The molecular formula is C23H30IN5O3. The summed E-state index contributed by atoms with van der Waals surface area (Å²) in [6, 6.07) is 15.5. The van der Waals surface area contributed by atoms with Crippen LogP contribution in [0.3, 0.4) is 0 Å². The Kier molecular flexibility index (Phi) is 10.1. The van der Waals surface area contributed by atoms with Gasteiger partial charge < -0.3 is 24.8 Å². The molecule has 8 nitrogen and oxygen atoms in total. The number of aliphatic imine (C=N–C) groups is 1. The summed E-state index contributed by atoms with van der Waals surface area (Å²) < 4.78 is 17.7. The zero-order chi connectivity index (χ0) is 22.1. The number of halogens is 1. The maximum Gasteiger partial charge on any atom is 0.191 e. The van der Waals surface area contributed by atoms with Crippen LogP contribution in [-0.4, -0.2) is 43.6 Å². The molecule has 1 heterocycles. The fraction of sp³-hybridized carbons (Fsp3) is 0.304. The quantitative estimate of drug-likeness (QED) is 0.240. The maximum atomic E-state index is 5.37. The number of benzene rings is 2. The molecule has 0 unspecified atom stereocenters. The van der Waals surface area contributed by atoms with E-state index in [1.807, 2.05) is 66.3 Å². The molecular weight excluding hydrogens is 521 g/mol. The first-order valence-electron chi connectivity index (χ1n) is 10.1. The highest BCUT2D eigenvalue weighted by atomic mass is 127. The molecule has 0 saturated heterocycles. The van der Waals surface area contributed by atoms with Gasteiger partial charge in [0.1, 0.15) is 5.75 Å². The van der Waals surface area contributed by atoms with Gasteiger partial charge in [-0.25, -0.2) is 9.67 Å². The SMILES string of the molecule is CCNC(=NCc1ccc(OC)c(OC)c1)NCc1ccn(-c2ccc(OC)cc2)n1.I. The predicted molar refractivity (Wildman–Crippen MR) is 137 cm³/mol. The second kappa shape index (κ2) is 12.8. The summed E-state index contributed by atoms with van der Waals surface area (Å²) in [5.41, 5.74) is 2.91. The summed E-state index contributed by atoms with van der Waals surface area (Å²) in [7, 11) is 4.90. The molecule has 0 bridgehead atoms. The highest BCUT2D eigenvalue weighted by Crippen LogP contribution is 2.27. The third kappa shape index (κ3) is 6.78. The van der Waals surface area contributed by atoms with Crippen LogP contribution in [0.4, 0.5) is 0 Å². The Balaban J connectivity index is 0.00000363. The highest BCUT2D eigenvalue weighted by molar-refractivity contribution is 14.0. The van der Waals surface area contributed by atoms with E-state index in [9.17, 15) is 0 Å². The zero-order valence-electron chi connectivity index (χ0n) is 18.8. The largest absolute Gasteiger partial charge is 0.497 e. The molecule has 0 amide bonds. The van der Waals surface area contributed by atoms with E-state index < -0.39 is 0 Å². The Morgan fingerprint density at radius 2 is 1.69 bits per heavy atom. The van der Waals surface area contributed by atoms with E-state index in [0.717, 1.165) is 35.2 Å². The number of nitrogens with zero attached hydrogens (tertiary/aromatic N) is 3. The van der Waals surface area contributed by atoms with Gasteiger partial charge in [0.05, 0.1) is 45.8 Å². The van der Waals surface area contributed by atoms with Crippen molar-refractivity contribution < 1.29 is 14.2 Å². The number of aromatic nitrogens is 2. The molecule has 0 saturated carbocycles. The van der Waals surface area contributed by atoms with Crippen LogP contribution in [0, 0.1) is 0 Å². The molecule has 172 valence electrons. The van der Waals surface area contributed by atoms with Gasteiger partial charge in [-0.05, 0) is 55.0 Å². The Hall–Kier alpha value is -2.95. The minimum atomic E-state index is 0. The Bertz CT molecular complexity index is 1010. The second-order valence-corrected chi connectivity index (χ2v) is 6.69. The lowest BCUT2D eigenvalue weighted by molar-refractivity contribution is 0.354. The number of ether oxygens (including phenoxy) is 3. The summed E-state index contributed by atoms with van der Waals surface area (Å²) in [6.07, 6.45) is 1.94. The van der Waals surface area contributed by atoms with E-state index in [1.54, 1.807) is 21.3 Å². The van der Waals surface area contributed by atoms with Gasteiger partial charge in [0.25, 0.3) is 0 Å². The molecule has 3 aromatic rings. The molecule has 3 rings (SSSR count). The van der Waals surface area contributed by atoms with Crippen molar-refractivity contribution in [3.8, 4) is 22.9 Å². The number of rotatable bonds is 9. The summed E-state index contributed by atoms with van der Waals surface area (Å²) in [5, 5.41) is 11.2. The molecule has 0 aliphatic rings. The minimum Gasteiger partial charge on any atom is -0.497 e. The van der Waals surface area contributed by atoms with E-state index >= 15 is 0 Å². The average Bonchev–Trinajstić information content (AvgIpc) is 3.29. The van der Waals surface area contributed by atoms with E-state index in [1.165, 1.54) is 0 Å². The molecule has 2 N–H and O–H groups in total. The number of methoxy groups -OCH3 is 3. The summed E-state index contributed by atoms with van der Waals surface area (Å²) in [5.74, 6) is 2.93. The third-order valence-electron chi connectivity index (χ3n) is 4.63. The Morgan fingerprint density at radius 3 is 2.34 bits per heavy atom. The summed E-state index contributed by atoms with van der Waals surface area (Å²) >= 11 is 0. The lowest BCUT2D eigenvalue weighted by atomic mass is 10.2. The van der Waals surface area contributed by atoms with Crippen molar-refractivity contribution in [3.05, 3.63) is 66.0 Å². The number of nitrogens with one attached hydrogen (secondary N) is 2. The molecule has 0 aliphatic carbocycles. The van der Waals surface area contributed by atoms with Gasteiger partial charge in [-0.2, -0.15) is 5.10 Å². The normalized spacial score (nSPS) is 10.8. The van der Waals surface area contributed by atoms with Crippen molar-refractivity contribution in [1.29, 1.82) is 0 Å². The predicted octanol–water partition coefficient (Wildman–Crippen LogP) is 3.77. The molecule has 9 heteroatoms. The van der Waals surface area contributed by atoms with Crippen LogP contribution in [0.2, 0.25) is 0 Å². The molecule has 1 aromatic heterocycles. The van der Waals surface area contributed by atoms with Crippen molar-refractivity contribution in [3.63, 3.8) is 0 Å². The highest BCUT2D eigenvalue weighted by Gasteiger charge is 2.06. The van der Waals surface area contributed by atoms with Crippen molar-refractivity contribution in [2.75, 3.05) is 27.9 Å².